The van der Waals surface area contributed by atoms with Crippen LogP contribution in [0.15, 0.2) is 12.2 Å². The monoisotopic (exact) mass is 264 g/mol. The molecule has 2 saturated carbocycles. The van der Waals surface area contributed by atoms with Crippen LogP contribution in [0.25, 0.3) is 0 Å². The summed E-state index contributed by atoms with van der Waals surface area (Å²) in [6.07, 6.45) is 3.25. The standard InChI is InChI=1S/C15H20O4/c1-8-10-5-6-15(2)11(17)4-3-9(7-16)12(15)13(10)19-14(8)18/h7,9-13,17H,1,3-6H2,2H3/t9-,10+,11+,12+,13-,15-/m0/s1. The predicted octanol–water partition coefficient (Wildman–Crippen LogP) is 1.47. The van der Waals surface area contributed by atoms with Gasteiger partial charge in [0, 0.05) is 28.7 Å². The van der Waals surface area contributed by atoms with Crippen molar-refractivity contribution in [2.24, 2.45) is 23.2 Å². The Balaban J connectivity index is 2.00. The van der Waals surface area contributed by atoms with Gasteiger partial charge < -0.3 is 14.6 Å². The fourth-order valence-electron chi connectivity index (χ4n) is 4.44. The highest BCUT2D eigenvalue weighted by Crippen LogP contribution is 2.57. The Morgan fingerprint density at radius 3 is 2.84 bits per heavy atom. The summed E-state index contributed by atoms with van der Waals surface area (Å²) in [4.78, 5) is 23.1. The summed E-state index contributed by atoms with van der Waals surface area (Å²) in [6, 6.07) is 0. The van der Waals surface area contributed by atoms with Gasteiger partial charge in [0.25, 0.3) is 0 Å². The highest BCUT2D eigenvalue weighted by atomic mass is 16.6. The summed E-state index contributed by atoms with van der Waals surface area (Å²) in [5.41, 5.74) is 0.215. The Bertz CT molecular complexity index is 443. The first kappa shape index (κ1) is 12.9. The van der Waals surface area contributed by atoms with E-state index in [-0.39, 0.29) is 35.2 Å². The van der Waals surface area contributed by atoms with Crippen LogP contribution in [0.1, 0.15) is 32.6 Å². The smallest absolute Gasteiger partial charge is 0.334 e. The second-order valence-electron chi connectivity index (χ2n) is 6.47. The van der Waals surface area contributed by atoms with E-state index in [4.69, 9.17) is 4.74 Å². The van der Waals surface area contributed by atoms with E-state index in [1.54, 1.807) is 0 Å². The molecule has 0 spiro atoms. The molecular weight excluding hydrogens is 244 g/mol. The van der Waals surface area contributed by atoms with E-state index in [1.165, 1.54) is 0 Å². The second-order valence-corrected chi connectivity index (χ2v) is 6.47. The van der Waals surface area contributed by atoms with Gasteiger partial charge in [0.1, 0.15) is 12.4 Å². The van der Waals surface area contributed by atoms with Crippen LogP contribution in [0.3, 0.4) is 0 Å². The van der Waals surface area contributed by atoms with Crippen LogP contribution in [0, 0.1) is 23.2 Å². The molecule has 0 aromatic rings. The molecule has 3 rings (SSSR count). The number of carbonyl (C=O) groups excluding carboxylic acids is 2. The Morgan fingerprint density at radius 1 is 1.42 bits per heavy atom. The molecule has 6 atom stereocenters. The van der Waals surface area contributed by atoms with Crippen molar-refractivity contribution in [1.82, 2.24) is 0 Å². The van der Waals surface area contributed by atoms with Gasteiger partial charge >= 0.3 is 5.97 Å². The van der Waals surface area contributed by atoms with Crippen molar-refractivity contribution in [3.8, 4) is 0 Å². The van der Waals surface area contributed by atoms with Gasteiger partial charge in [-0.25, -0.2) is 4.79 Å². The zero-order valence-electron chi connectivity index (χ0n) is 11.2. The first-order chi connectivity index (χ1) is 8.99. The molecule has 0 unspecified atom stereocenters. The largest absolute Gasteiger partial charge is 0.458 e. The number of esters is 1. The van der Waals surface area contributed by atoms with Gasteiger partial charge in [0.2, 0.25) is 0 Å². The average molecular weight is 264 g/mol. The number of rotatable bonds is 1. The third-order valence-corrected chi connectivity index (χ3v) is 5.63. The lowest BCUT2D eigenvalue weighted by Crippen LogP contribution is -2.56. The molecule has 0 aromatic carbocycles. The Kier molecular flexibility index (Phi) is 2.82. The van der Waals surface area contributed by atoms with E-state index in [0.717, 1.165) is 19.1 Å². The van der Waals surface area contributed by atoms with Gasteiger partial charge in [-0.2, -0.15) is 0 Å². The fourth-order valence-corrected chi connectivity index (χ4v) is 4.44. The van der Waals surface area contributed by atoms with Crippen LogP contribution in [-0.2, 0) is 14.3 Å². The third-order valence-electron chi connectivity index (χ3n) is 5.63. The van der Waals surface area contributed by atoms with E-state index in [2.05, 4.69) is 6.58 Å². The third kappa shape index (κ3) is 1.62. The molecule has 4 heteroatoms. The minimum atomic E-state index is -0.415. The molecule has 3 aliphatic rings. The summed E-state index contributed by atoms with van der Waals surface area (Å²) >= 11 is 0. The number of aliphatic hydroxyl groups excluding tert-OH is 1. The molecule has 1 saturated heterocycles. The van der Waals surface area contributed by atoms with Gasteiger partial charge in [-0.15, -0.1) is 0 Å². The van der Waals surface area contributed by atoms with Crippen LogP contribution in [0.2, 0.25) is 0 Å². The molecule has 0 aromatic heterocycles. The summed E-state index contributed by atoms with van der Waals surface area (Å²) in [6.45, 7) is 5.86. The van der Waals surface area contributed by atoms with Gasteiger partial charge in [-0.1, -0.05) is 13.5 Å². The number of ether oxygens (including phenoxy) is 1. The minimum absolute atomic E-state index is 0.0262. The molecule has 104 valence electrons. The van der Waals surface area contributed by atoms with E-state index >= 15 is 0 Å². The minimum Gasteiger partial charge on any atom is -0.458 e. The maximum Gasteiger partial charge on any atom is 0.334 e. The molecule has 0 radical (unpaired) electrons. The molecule has 0 bridgehead atoms. The van der Waals surface area contributed by atoms with Crippen LogP contribution in [-0.4, -0.2) is 29.6 Å². The van der Waals surface area contributed by atoms with Crippen LogP contribution in [0.4, 0.5) is 0 Å². The van der Waals surface area contributed by atoms with Crippen LogP contribution in [0.5, 0.6) is 0 Å². The molecule has 4 nitrogen and oxygen atoms in total. The Labute approximate surface area is 112 Å². The number of hydrogen-bond acceptors (Lipinski definition) is 4. The zero-order valence-corrected chi connectivity index (χ0v) is 11.2. The average Bonchev–Trinajstić information content (AvgIpc) is 2.67. The lowest BCUT2D eigenvalue weighted by Gasteiger charge is -2.53. The maximum atomic E-state index is 11.7. The quantitative estimate of drug-likeness (QED) is 0.442. The molecule has 1 heterocycles. The number of aldehydes is 1. The molecule has 3 fully saturated rings. The summed E-state index contributed by atoms with van der Waals surface area (Å²) in [5, 5.41) is 10.3. The van der Waals surface area contributed by atoms with E-state index < -0.39 is 6.10 Å². The number of hydrogen-bond donors (Lipinski definition) is 1. The fraction of sp³-hybridized carbons (Fsp3) is 0.733. The van der Waals surface area contributed by atoms with Gasteiger partial charge in [-0.05, 0) is 25.7 Å². The lowest BCUT2D eigenvalue weighted by molar-refractivity contribution is -0.169. The van der Waals surface area contributed by atoms with Crippen molar-refractivity contribution >= 4 is 12.3 Å². The number of aliphatic hydroxyl groups is 1. The van der Waals surface area contributed by atoms with Crippen molar-refractivity contribution in [3.05, 3.63) is 12.2 Å². The molecule has 1 aliphatic heterocycles. The number of fused-ring (bicyclic) bond motifs is 3. The summed E-state index contributed by atoms with van der Waals surface area (Å²) in [5.74, 6) is -0.502. The molecule has 2 aliphatic carbocycles. The molecule has 1 N–H and O–H groups in total. The van der Waals surface area contributed by atoms with Crippen molar-refractivity contribution < 1.29 is 19.4 Å². The zero-order chi connectivity index (χ0) is 13.8. The summed E-state index contributed by atoms with van der Waals surface area (Å²) < 4.78 is 5.48. The second kappa shape index (κ2) is 4.17. The first-order valence-electron chi connectivity index (χ1n) is 7.02. The van der Waals surface area contributed by atoms with Gasteiger partial charge in [0.05, 0.1) is 6.10 Å². The van der Waals surface area contributed by atoms with Crippen LogP contribution < -0.4 is 0 Å². The normalized spacial score (nSPS) is 49.3. The van der Waals surface area contributed by atoms with Crippen molar-refractivity contribution in [2.75, 3.05) is 0 Å². The van der Waals surface area contributed by atoms with Crippen molar-refractivity contribution in [2.45, 2.75) is 44.8 Å². The highest BCUT2D eigenvalue weighted by molar-refractivity contribution is 5.91. The lowest BCUT2D eigenvalue weighted by atomic mass is 9.52. The summed E-state index contributed by atoms with van der Waals surface area (Å²) in [7, 11) is 0. The Morgan fingerprint density at radius 2 is 2.16 bits per heavy atom. The SMILES string of the molecule is C=C1C(=O)O[C@@H]2[C@H]3[C@H](C=O)CC[C@@H](O)[C@]3(C)CC[C@H]12. The predicted molar refractivity (Wildman–Crippen MR) is 68.1 cm³/mol. The van der Waals surface area contributed by atoms with Crippen molar-refractivity contribution in [3.63, 3.8) is 0 Å². The number of carbonyl (C=O) groups is 2. The van der Waals surface area contributed by atoms with Gasteiger partial charge in [-0.3, -0.25) is 0 Å². The first-order valence-corrected chi connectivity index (χ1v) is 7.02. The van der Waals surface area contributed by atoms with E-state index in [0.29, 0.717) is 18.4 Å². The maximum absolute atomic E-state index is 11.7. The molecular formula is C15H20O4. The van der Waals surface area contributed by atoms with Crippen LogP contribution >= 0.6 is 0 Å². The Hall–Kier alpha value is -1.16. The topological polar surface area (TPSA) is 63.6 Å². The molecule has 0 amide bonds. The molecule has 19 heavy (non-hydrogen) atoms. The van der Waals surface area contributed by atoms with Crippen molar-refractivity contribution in [1.29, 1.82) is 0 Å². The van der Waals surface area contributed by atoms with Gasteiger partial charge in [0.15, 0.2) is 0 Å². The van der Waals surface area contributed by atoms with E-state index in [9.17, 15) is 14.7 Å². The highest BCUT2D eigenvalue weighted by Gasteiger charge is 2.59. The van der Waals surface area contributed by atoms with E-state index in [1.807, 2.05) is 6.92 Å².